The number of carbonyl (C=O) groups is 1. The summed E-state index contributed by atoms with van der Waals surface area (Å²) in [7, 11) is 0. The molecule has 4 heteroatoms. The van der Waals surface area contributed by atoms with Crippen molar-refractivity contribution in [3.63, 3.8) is 0 Å². The van der Waals surface area contributed by atoms with Crippen LogP contribution in [0.4, 0.5) is 4.79 Å². The summed E-state index contributed by atoms with van der Waals surface area (Å²) < 4.78 is 1.07. The van der Waals surface area contributed by atoms with Gasteiger partial charge in [-0.1, -0.05) is 58.4 Å². The number of nitrogens with zero attached hydrogens (tertiary/aromatic N) is 1. The van der Waals surface area contributed by atoms with Crippen LogP contribution in [0.1, 0.15) is 18.1 Å². The van der Waals surface area contributed by atoms with Crippen molar-refractivity contribution in [1.29, 1.82) is 0 Å². The molecule has 0 saturated heterocycles. The molecule has 0 bridgehead atoms. The molecule has 0 heterocycles. The Bertz CT molecular complexity index is 601. The Kier molecular flexibility index (Phi) is 6.46. The molecule has 2 amide bonds. The van der Waals surface area contributed by atoms with Crippen LogP contribution < -0.4 is 5.32 Å². The molecule has 22 heavy (non-hydrogen) atoms. The highest BCUT2D eigenvalue weighted by molar-refractivity contribution is 9.10. The number of hydrogen-bond acceptors (Lipinski definition) is 1. The Balaban J connectivity index is 1.82. The fourth-order valence-electron chi connectivity index (χ4n) is 2.25. The molecule has 0 saturated carbocycles. The summed E-state index contributed by atoms with van der Waals surface area (Å²) >= 11 is 3.46. The lowest BCUT2D eigenvalue weighted by Gasteiger charge is -2.21. The van der Waals surface area contributed by atoms with Gasteiger partial charge < -0.3 is 10.2 Å². The number of urea groups is 1. The SMILES string of the molecule is CCN(Cc1ccccc1)C(=O)NCCc1cccc(Br)c1. The van der Waals surface area contributed by atoms with Gasteiger partial charge in [0.1, 0.15) is 0 Å². The third-order valence-corrected chi connectivity index (χ3v) is 3.96. The summed E-state index contributed by atoms with van der Waals surface area (Å²) in [6, 6.07) is 18.2. The summed E-state index contributed by atoms with van der Waals surface area (Å²) in [4.78, 5) is 14.1. The van der Waals surface area contributed by atoms with E-state index in [1.165, 1.54) is 5.56 Å². The largest absolute Gasteiger partial charge is 0.338 e. The van der Waals surface area contributed by atoms with Crippen molar-refractivity contribution in [2.45, 2.75) is 19.9 Å². The third kappa shape index (κ3) is 5.19. The summed E-state index contributed by atoms with van der Waals surface area (Å²) in [6.07, 6.45) is 0.827. The first-order valence-electron chi connectivity index (χ1n) is 7.50. The standard InChI is InChI=1S/C18H21BrN2O/c1-2-21(14-16-7-4-3-5-8-16)18(22)20-12-11-15-9-6-10-17(19)13-15/h3-10,13H,2,11-12,14H2,1H3,(H,20,22). The quantitative estimate of drug-likeness (QED) is 0.821. The second-order valence-corrected chi connectivity index (χ2v) is 6.03. The first-order chi connectivity index (χ1) is 10.7. The Labute approximate surface area is 140 Å². The molecule has 0 radical (unpaired) electrons. The molecule has 0 aliphatic heterocycles. The van der Waals surface area contributed by atoms with E-state index in [2.05, 4.69) is 33.4 Å². The minimum absolute atomic E-state index is 0.0126. The monoisotopic (exact) mass is 360 g/mol. The molecule has 0 unspecified atom stereocenters. The van der Waals surface area contributed by atoms with E-state index in [1.54, 1.807) is 0 Å². The smallest absolute Gasteiger partial charge is 0.317 e. The number of rotatable bonds is 6. The van der Waals surface area contributed by atoms with Crippen LogP contribution in [0.15, 0.2) is 59.1 Å². The van der Waals surface area contributed by atoms with Crippen LogP contribution >= 0.6 is 15.9 Å². The zero-order valence-corrected chi connectivity index (χ0v) is 14.3. The summed E-state index contributed by atoms with van der Waals surface area (Å²) in [6.45, 7) is 3.97. The number of carbonyl (C=O) groups excluding carboxylic acids is 1. The van der Waals surface area contributed by atoms with E-state index in [1.807, 2.05) is 54.3 Å². The van der Waals surface area contributed by atoms with Gasteiger partial charge in [-0.15, -0.1) is 0 Å². The van der Waals surface area contributed by atoms with Gasteiger partial charge in [-0.3, -0.25) is 0 Å². The van der Waals surface area contributed by atoms with Gasteiger partial charge in [-0.05, 0) is 36.6 Å². The Morgan fingerprint density at radius 1 is 1.09 bits per heavy atom. The Morgan fingerprint density at radius 3 is 2.50 bits per heavy atom. The second-order valence-electron chi connectivity index (χ2n) is 5.11. The van der Waals surface area contributed by atoms with E-state index in [9.17, 15) is 4.79 Å². The van der Waals surface area contributed by atoms with E-state index in [0.717, 1.165) is 16.5 Å². The predicted molar refractivity (Wildman–Crippen MR) is 93.8 cm³/mol. The number of hydrogen-bond donors (Lipinski definition) is 1. The molecular weight excluding hydrogens is 340 g/mol. The molecule has 0 aromatic heterocycles. The summed E-state index contributed by atoms with van der Waals surface area (Å²) in [5.74, 6) is 0. The molecule has 3 nitrogen and oxygen atoms in total. The van der Waals surface area contributed by atoms with Crippen LogP contribution in [0.2, 0.25) is 0 Å². The van der Waals surface area contributed by atoms with Gasteiger partial charge >= 0.3 is 6.03 Å². The fourth-order valence-corrected chi connectivity index (χ4v) is 2.70. The van der Waals surface area contributed by atoms with Crippen molar-refractivity contribution in [3.8, 4) is 0 Å². The second kappa shape index (κ2) is 8.59. The normalized spacial score (nSPS) is 10.3. The number of amides is 2. The van der Waals surface area contributed by atoms with E-state index in [-0.39, 0.29) is 6.03 Å². The average Bonchev–Trinajstić information content (AvgIpc) is 2.53. The van der Waals surface area contributed by atoms with Crippen molar-refractivity contribution in [1.82, 2.24) is 10.2 Å². The minimum Gasteiger partial charge on any atom is -0.338 e. The lowest BCUT2D eigenvalue weighted by Crippen LogP contribution is -2.40. The van der Waals surface area contributed by atoms with E-state index >= 15 is 0 Å². The predicted octanol–water partition coefficient (Wildman–Crippen LogP) is 4.22. The van der Waals surface area contributed by atoms with E-state index in [4.69, 9.17) is 0 Å². The molecule has 2 aromatic carbocycles. The lowest BCUT2D eigenvalue weighted by atomic mass is 10.1. The molecule has 1 N–H and O–H groups in total. The summed E-state index contributed by atoms with van der Waals surface area (Å²) in [5, 5.41) is 2.99. The van der Waals surface area contributed by atoms with Crippen LogP contribution in [0.3, 0.4) is 0 Å². The molecule has 0 aliphatic carbocycles. The first-order valence-corrected chi connectivity index (χ1v) is 8.29. The van der Waals surface area contributed by atoms with Crippen molar-refractivity contribution in [3.05, 3.63) is 70.2 Å². The number of benzene rings is 2. The Morgan fingerprint density at radius 2 is 1.82 bits per heavy atom. The number of nitrogens with one attached hydrogen (secondary N) is 1. The maximum Gasteiger partial charge on any atom is 0.317 e. The van der Waals surface area contributed by atoms with Crippen LogP contribution in [0, 0.1) is 0 Å². The van der Waals surface area contributed by atoms with Gasteiger partial charge in [-0.2, -0.15) is 0 Å². The van der Waals surface area contributed by atoms with E-state index in [0.29, 0.717) is 19.6 Å². The molecule has 0 aliphatic rings. The molecule has 0 spiro atoms. The molecule has 2 aromatic rings. The summed E-state index contributed by atoms with van der Waals surface area (Å²) in [5.41, 5.74) is 2.35. The lowest BCUT2D eigenvalue weighted by molar-refractivity contribution is 0.198. The van der Waals surface area contributed by atoms with Crippen LogP contribution in [0.25, 0.3) is 0 Å². The van der Waals surface area contributed by atoms with Gasteiger partial charge in [-0.25, -0.2) is 4.79 Å². The van der Waals surface area contributed by atoms with Gasteiger partial charge in [0.25, 0.3) is 0 Å². The third-order valence-electron chi connectivity index (χ3n) is 3.46. The molecule has 2 rings (SSSR count). The zero-order chi connectivity index (χ0) is 15.8. The Hall–Kier alpha value is -1.81. The van der Waals surface area contributed by atoms with Crippen LogP contribution in [-0.4, -0.2) is 24.0 Å². The average molecular weight is 361 g/mol. The highest BCUT2D eigenvalue weighted by Gasteiger charge is 2.11. The van der Waals surface area contributed by atoms with E-state index < -0.39 is 0 Å². The first kappa shape index (κ1) is 16.6. The molecule has 0 atom stereocenters. The minimum atomic E-state index is -0.0126. The van der Waals surface area contributed by atoms with Gasteiger partial charge in [0.15, 0.2) is 0 Å². The topological polar surface area (TPSA) is 32.3 Å². The maximum atomic E-state index is 12.2. The maximum absolute atomic E-state index is 12.2. The fraction of sp³-hybridized carbons (Fsp3) is 0.278. The highest BCUT2D eigenvalue weighted by Crippen LogP contribution is 2.11. The molecule has 116 valence electrons. The number of halogens is 1. The van der Waals surface area contributed by atoms with Crippen LogP contribution in [0.5, 0.6) is 0 Å². The molecule has 0 fully saturated rings. The van der Waals surface area contributed by atoms with Crippen molar-refractivity contribution < 1.29 is 4.79 Å². The van der Waals surface area contributed by atoms with Crippen molar-refractivity contribution in [2.24, 2.45) is 0 Å². The van der Waals surface area contributed by atoms with Gasteiger partial charge in [0, 0.05) is 24.1 Å². The molecular formula is C18H21BrN2O. The van der Waals surface area contributed by atoms with Gasteiger partial charge in [0.2, 0.25) is 0 Å². The van der Waals surface area contributed by atoms with Crippen molar-refractivity contribution in [2.75, 3.05) is 13.1 Å². The van der Waals surface area contributed by atoms with Gasteiger partial charge in [0.05, 0.1) is 0 Å². The van der Waals surface area contributed by atoms with Crippen molar-refractivity contribution >= 4 is 22.0 Å². The zero-order valence-electron chi connectivity index (χ0n) is 12.8. The highest BCUT2D eigenvalue weighted by atomic mass is 79.9. The van der Waals surface area contributed by atoms with Crippen LogP contribution in [-0.2, 0) is 13.0 Å².